The van der Waals surface area contributed by atoms with Crippen molar-refractivity contribution in [3.63, 3.8) is 0 Å². The van der Waals surface area contributed by atoms with Gasteiger partial charge in [-0.2, -0.15) is 13.2 Å². The van der Waals surface area contributed by atoms with Gasteiger partial charge in [0.25, 0.3) is 0 Å². The molecule has 0 fully saturated rings. The maximum atomic E-state index is 12.3. The summed E-state index contributed by atoms with van der Waals surface area (Å²) in [6.07, 6.45) is -4.52. The van der Waals surface area contributed by atoms with Crippen molar-refractivity contribution in [2.45, 2.75) is 18.7 Å². The Morgan fingerprint density at radius 1 is 1.22 bits per heavy atom. The summed E-state index contributed by atoms with van der Waals surface area (Å²) in [6.45, 7) is 0. The van der Waals surface area contributed by atoms with Crippen LogP contribution in [-0.2, 0) is 22.4 Å². The fourth-order valence-electron chi connectivity index (χ4n) is 1.51. The van der Waals surface area contributed by atoms with E-state index in [9.17, 15) is 26.7 Å². The van der Waals surface area contributed by atoms with Crippen LogP contribution in [0.1, 0.15) is 11.1 Å². The van der Waals surface area contributed by atoms with Crippen molar-refractivity contribution < 1.29 is 26.7 Å². The molecule has 1 aromatic rings. The first-order chi connectivity index (χ1) is 8.08. The Morgan fingerprint density at radius 3 is 2.11 bits per heavy atom. The Labute approximate surface area is 103 Å². The molecule has 0 aliphatic heterocycles. The molecule has 1 N–H and O–H groups in total. The molecule has 1 atom stereocenters. The molecule has 1 rings (SSSR count). The minimum absolute atomic E-state index is 0.00517. The summed E-state index contributed by atoms with van der Waals surface area (Å²) in [4.78, 5) is 0. The summed E-state index contributed by atoms with van der Waals surface area (Å²) < 4.78 is 58.6. The van der Waals surface area contributed by atoms with E-state index in [1.54, 1.807) is 0 Å². The van der Waals surface area contributed by atoms with Crippen LogP contribution in [0.5, 0.6) is 0 Å². The molecule has 0 saturated carbocycles. The van der Waals surface area contributed by atoms with Crippen LogP contribution >= 0.6 is 0 Å². The van der Waals surface area contributed by atoms with E-state index in [0.29, 0.717) is 5.56 Å². The van der Waals surface area contributed by atoms with E-state index >= 15 is 0 Å². The van der Waals surface area contributed by atoms with E-state index in [1.165, 1.54) is 12.1 Å². The van der Waals surface area contributed by atoms with E-state index in [0.717, 1.165) is 18.4 Å². The van der Waals surface area contributed by atoms with Crippen molar-refractivity contribution in [2.24, 2.45) is 0 Å². The van der Waals surface area contributed by atoms with E-state index < -0.39 is 33.4 Å². The SMILES string of the molecule is CS(=O)(=O)CC(O)Cc1ccc(C(F)(F)F)cc1. The second-order valence-electron chi connectivity index (χ2n) is 4.15. The van der Waals surface area contributed by atoms with Crippen LogP contribution in [-0.4, -0.2) is 31.6 Å². The lowest BCUT2D eigenvalue weighted by atomic mass is 10.1. The summed E-state index contributed by atoms with van der Waals surface area (Å²) in [7, 11) is -3.30. The second-order valence-corrected chi connectivity index (χ2v) is 6.33. The van der Waals surface area contributed by atoms with Crippen LogP contribution in [0.4, 0.5) is 13.2 Å². The van der Waals surface area contributed by atoms with Gasteiger partial charge >= 0.3 is 6.18 Å². The third kappa shape index (κ3) is 5.05. The van der Waals surface area contributed by atoms with Crippen LogP contribution in [0.15, 0.2) is 24.3 Å². The van der Waals surface area contributed by atoms with Crippen molar-refractivity contribution in [2.75, 3.05) is 12.0 Å². The van der Waals surface area contributed by atoms with E-state index in [4.69, 9.17) is 0 Å². The lowest BCUT2D eigenvalue weighted by Crippen LogP contribution is -2.22. The molecule has 7 heteroatoms. The zero-order valence-electron chi connectivity index (χ0n) is 9.61. The van der Waals surface area contributed by atoms with Gasteiger partial charge in [0.2, 0.25) is 0 Å². The first kappa shape index (κ1) is 15.0. The molecule has 0 aromatic heterocycles. The zero-order valence-corrected chi connectivity index (χ0v) is 10.4. The molecule has 0 heterocycles. The van der Waals surface area contributed by atoms with E-state index in [1.807, 2.05) is 0 Å². The summed E-state index contributed by atoms with van der Waals surface area (Å²) in [6, 6.07) is 4.27. The standard InChI is InChI=1S/C11H13F3O3S/c1-18(16,17)7-10(15)6-8-2-4-9(5-3-8)11(12,13)14/h2-5,10,15H,6-7H2,1H3. The highest BCUT2D eigenvalue weighted by Crippen LogP contribution is 2.29. The number of benzene rings is 1. The maximum absolute atomic E-state index is 12.3. The van der Waals surface area contributed by atoms with Crippen LogP contribution in [0, 0.1) is 0 Å². The fraction of sp³-hybridized carbons (Fsp3) is 0.455. The molecule has 0 aliphatic rings. The highest BCUT2D eigenvalue weighted by molar-refractivity contribution is 7.90. The van der Waals surface area contributed by atoms with Gasteiger partial charge in [-0.15, -0.1) is 0 Å². The zero-order chi connectivity index (χ0) is 14.0. The monoisotopic (exact) mass is 282 g/mol. The average Bonchev–Trinajstić information content (AvgIpc) is 2.13. The van der Waals surface area contributed by atoms with Crippen LogP contribution in [0.3, 0.4) is 0 Å². The fourth-order valence-corrected chi connectivity index (χ4v) is 2.33. The van der Waals surface area contributed by atoms with Crippen LogP contribution < -0.4 is 0 Å². The Morgan fingerprint density at radius 2 is 1.72 bits per heavy atom. The Balaban J connectivity index is 2.70. The minimum Gasteiger partial charge on any atom is -0.392 e. The molecule has 0 amide bonds. The van der Waals surface area contributed by atoms with Crippen molar-refractivity contribution in [3.8, 4) is 0 Å². The van der Waals surface area contributed by atoms with Crippen LogP contribution in [0.2, 0.25) is 0 Å². The molecule has 1 aromatic carbocycles. The van der Waals surface area contributed by atoms with Gasteiger partial charge in [-0.25, -0.2) is 8.42 Å². The number of hydrogen-bond donors (Lipinski definition) is 1. The third-order valence-corrected chi connectivity index (χ3v) is 3.24. The molecule has 3 nitrogen and oxygen atoms in total. The number of halogens is 3. The molecule has 0 spiro atoms. The number of aliphatic hydroxyl groups excluding tert-OH is 1. The minimum atomic E-state index is -4.40. The molecule has 1 unspecified atom stereocenters. The topological polar surface area (TPSA) is 54.4 Å². The van der Waals surface area contributed by atoms with Crippen molar-refractivity contribution in [1.82, 2.24) is 0 Å². The molecule has 0 aliphatic carbocycles. The Kier molecular flexibility index (Phi) is 4.39. The summed E-state index contributed by atoms with van der Waals surface area (Å²) >= 11 is 0. The smallest absolute Gasteiger partial charge is 0.392 e. The predicted molar refractivity (Wildman–Crippen MR) is 60.9 cm³/mol. The first-order valence-electron chi connectivity index (χ1n) is 5.10. The average molecular weight is 282 g/mol. The lowest BCUT2D eigenvalue weighted by molar-refractivity contribution is -0.137. The van der Waals surface area contributed by atoms with Gasteiger partial charge in [-0.05, 0) is 24.1 Å². The quantitative estimate of drug-likeness (QED) is 0.913. The molecule has 0 radical (unpaired) electrons. The molecular weight excluding hydrogens is 269 g/mol. The van der Waals surface area contributed by atoms with Crippen molar-refractivity contribution >= 4 is 9.84 Å². The van der Waals surface area contributed by atoms with Crippen molar-refractivity contribution in [1.29, 1.82) is 0 Å². The normalized spacial score (nSPS) is 14.5. The summed E-state index contributed by atoms with van der Waals surface area (Å²) in [5.41, 5.74) is -0.317. The first-order valence-corrected chi connectivity index (χ1v) is 7.16. The molecule has 0 saturated heterocycles. The molecule has 18 heavy (non-hydrogen) atoms. The molecule has 0 bridgehead atoms. The van der Waals surface area contributed by atoms with Gasteiger partial charge in [0.05, 0.1) is 17.4 Å². The lowest BCUT2D eigenvalue weighted by Gasteiger charge is -2.11. The van der Waals surface area contributed by atoms with Crippen LogP contribution in [0.25, 0.3) is 0 Å². The van der Waals surface area contributed by atoms with Crippen molar-refractivity contribution in [3.05, 3.63) is 35.4 Å². The molecular formula is C11H13F3O3S. The number of hydrogen-bond acceptors (Lipinski definition) is 3. The predicted octanol–water partition coefficient (Wildman–Crippen LogP) is 1.65. The van der Waals surface area contributed by atoms with Gasteiger partial charge in [0, 0.05) is 6.26 Å². The van der Waals surface area contributed by atoms with E-state index in [-0.39, 0.29) is 6.42 Å². The van der Waals surface area contributed by atoms with Gasteiger partial charge in [-0.1, -0.05) is 12.1 Å². The highest BCUT2D eigenvalue weighted by Gasteiger charge is 2.30. The number of sulfone groups is 1. The van der Waals surface area contributed by atoms with Gasteiger partial charge in [-0.3, -0.25) is 0 Å². The molecule has 102 valence electrons. The maximum Gasteiger partial charge on any atom is 0.416 e. The van der Waals surface area contributed by atoms with Gasteiger partial charge < -0.3 is 5.11 Å². The van der Waals surface area contributed by atoms with Gasteiger partial charge in [0.15, 0.2) is 0 Å². The Hall–Kier alpha value is -1.08. The summed E-state index contributed by atoms with van der Waals surface area (Å²) in [5.74, 6) is -0.409. The summed E-state index contributed by atoms with van der Waals surface area (Å²) in [5, 5.41) is 9.47. The van der Waals surface area contributed by atoms with E-state index in [2.05, 4.69) is 0 Å². The third-order valence-electron chi connectivity index (χ3n) is 2.25. The second kappa shape index (κ2) is 5.27. The largest absolute Gasteiger partial charge is 0.416 e. The number of rotatable bonds is 4. The Bertz CT molecular complexity index is 491. The number of alkyl halides is 3. The highest BCUT2D eigenvalue weighted by atomic mass is 32.2. The van der Waals surface area contributed by atoms with Gasteiger partial charge in [0.1, 0.15) is 9.84 Å². The number of aliphatic hydroxyl groups is 1.